The molecule has 0 bridgehead atoms. The second kappa shape index (κ2) is 7.70. The van der Waals surface area contributed by atoms with Crippen molar-refractivity contribution in [1.82, 2.24) is 29.6 Å². The van der Waals surface area contributed by atoms with E-state index in [-0.39, 0.29) is 10.5 Å². The maximum atomic E-state index is 13.0. The fourth-order valence-corrected chi connectivity index (χ4v) is 5.15. The molecule has 1 saturated heterocycles. The zero-order chi connectivity index (χ0) is 20.9. The lowest BCUT2D eigenvalue weighted by Crippen LogP contribution is -2.49. The molecule has 0 unspecified atom stereocenters. The summed E-state index contributed by atoms with van der Waals surface area (Å²) in [4.78, 5) is 7.94. The van der Waals surface area contributed by atoms with E-state index in [9.17, 15) is 8.78 Å². The first-order chi connectivity index (χ1) is 14.4. The van der Waals surface area contributed by atoms with Crippen molar-refractivity contribution >= 4 is 34.5 Å². The number of imidazole rings is 1. The highest BCUT2D eigenvalue weighted by atomic mass is 32.2. The van der Waals surface area contributed by atoms with Crippen LogP contribution >= 0.6 is 23.3 Å². The highest BCUT2D eigenvalue weighted by molar-refractivity contribution is 7.97. The van der Waals surface area contributed by atoms with Crippen LogP contribution in [0, 0.1) is 0 Å². The van der Waals surface area contributed by atoms with Gasteiger partial charge in [-0.3, -0.25) is 9.12 Å². The van der Waals surface area contributed by atoms with Crippen LogP contribution < -0.4 is 14.9 Å². The molecule has 30 heavy (non-hydrogen) atoms. The Hall–Kier alpha value is -1.82. The molecule has 160 valence electrons. The van der Waals surface area contributed by atoms with Crippen molar-refractivity contribution < 1.29 is 8.78 Å². The Kier molecular flexibility index (Phi) is 5.16. The summed E-state index contributed by atoms with van der Waals surface area (Å²) < 4.78 is 31.5. The van der Waals surface area contributed by atoms with Crippen molar-refractivity contribution in [1.29, 1.82) is 0 Å². The van der Waals surface area contributed by atoms with E-state index in [4.69, 9.17) is 0 Å². The van der Waals surface area contributed by atoms with Crippen LogP contribution in [0.25, 0.3) is 16.3 Å². The molecule has 7 nitrogen and oxygen atoms in total. The summed E-state index contributed by atoms with van der Waals surface area (Å²) in [7, 11) is 0. The SMILES string of the molecule is C[C@H]1CN(c2cc(SNC3(C)CC3)cn3c(-c4nnc(C(F)F)s4)ncc23)CCN1. The highest BCUT2D eigenvalue weighted by Gasteiger charge is 2.37. The molecule has 0 spiro atoms. The number of aromatic nitrogens is 4. The van der Waals surface area contributed by atoms with Crippen molar-refractivity contribution in [2.24, 2.45) is 0 Å². The van der Waals surface area contributed by atoms with Gasteiger partial charge in [0.15, 0.2) is 15.8 Å². The van der Waals surface area contributed by atoms with E-state index in [2.05, 4.69) is 50.0 Å². The van der Waals surface area contributed by atoms with Gasteiger partial charge in [-0.1, -0.05) is 11.3 Å². The van der Waals surface area contributed by atoms with E-state index in [1.165, 1.54) is 12.8 Å². The normalized spacial score (nSPS) is 21.0. The lowest BCUT2D eigenvalue weighted by molar-refractivity contribution is 0.150. The van der Waals surface area contributed by atoms with Crippen molar-refractivity contribution in [3.63, 3.8) is 0 Å². The summed E-state index contributed by atoms with van der Waals surface area (Å²) in [5, 5.41) is 11.2. The van der Waals surface area contributed by atoms with Crippen molar-refractivity contribution in [2.45, 2.75) is 49.6 Å². The number of fused-ring (bicyclic) bond motifs is 1. The predicted octanol–water partition coefficient (Wildman–Crippen LogP) is 3.74. The third-order valence-electron chi connectivity index (χ3n) is 5.54. The Bertz CT molecular complexity index is 1060. The molecule has 0 radical (unpaired) electrons. The lowest BCUT2D eigenvalue weighted by atomic mass is 10.2. The first kappa shape index (κ1) is 20.1. The number of pyridine rings is 1. The Morgan fingerprint density at radius 2 is 2.20 bits per heavy atom. The van der Waals surface area contributed by atoms with Gasteiger partial charge in [0.2, 0.25) is 0 Å². The molecule has 0 aromatic carbocycles. The fraction of sp³-hybridized carbons (Fsp3) is 0.526. The number of nitrogens with one attached hydrogen (secondary N) is 2. The minimum absolute atomic E-state index is 0.187. The molecule has 1 saturated carbocycles. The summed E-state index contributed by atoms with van der Waals surface area (Å²) in [5.41, 5.74) is 2.22. The zero-order valence-electron chi connectivity index (χ0n) is 16.7. The van der Waals surface area contributed by atoms with Gasteiger partial charge in [0.1, 0.15) is 0 Å². The monoisotopic (exact) mass is 451 g/mol. The van der Waals surface area contributed by atoms with Crippen LogP contribution in [0.2, 0.25) is 0 Å². The Balaban J connectivity index is 1.57. The number of anilines is 1. The van der Waals surface area contributed by atoms with E-state index in [1.807, 2.05) is 10.6 Å². The van der Waals surface area contributed by atoms with Crippen LogP contribution in [0.15, 0.2) is 23.4 Å². The number of halogens is 2. The highest BCUT2D eigenvalue weighted by Crippen LogP contribution is 2.39. The largest absolute Gasteiger partial charge is 0.367 e. The molecule has 11 heteroatoms. The zero-order valence-corrected chi connectivity index (χ0v) is 18.4. The van der Waals surface area contributed by atoms with Crippen molar-refractivity contribution in [3.8, 4) is 10.8 Å². The van der Waals surface area contributed by atoms with Gasteiger partial charge < -0.3 is 10.2 Å². The van der Waals surface area contributed by atoms with Crippen LogP contribution in [-0.4, -0.2) is 50.8 Å². The van der Waals surface area contributed by atoms with Gasteiger partial charge in [0.25, 0.3) is 6.43 Å². The summed E-state index contributed by atoms with van der Waals surface area (Å²) in [6, 6.07) is 2.57. The molecule has 4 heterocycles. The first-order valence-electron chi connectivity index (χ1n) is 9.97. The van der Waals surface area contributed by atoms with E-state index in [1.54, 1.807) is 18.1 Å². The van der Waals surface area contributed by atoms with Crippen molar-refractivity contribution in [3.05, 3.63) is 23.5 Å². The van der Waals surface area contributed by atoms with E-state index < -0.39 is 6.43 Å². The average molecular weight is 452 g/mol. The van der Waals surface area contributed by atoms with E-state index in [0.717, 1.165) is 47.1 Å². The summed E-state index contributed by atoms with van der Waals surface area (Å²) in [5.74, 6) is 0.541. The molecule has 2 aliphatic rings. The van der Waals surface area contributed by atoms with Gasteiger partial charge in [-0.2, -0.15) is 0 Å². The molecule has 2 fully saturated rings. The molecular formula is C19H23F2N7S2. The van der Waals surface area contributed by atoms with E-state index >= 15 is 0 Å². The van der Waals surface area contributed by atoms with Crippen molar-refractivity contribution in [2.75, 3.05) is 24.5 Å². The van der Waals surface area contributed by atoms with Crippen LogP contribution in [-0.2, 0) is 0 Å². The van der Waals surface area contributed by atoms with Crippen LogP contribution in [0.3, 0.4) is 0 Å². The van der Waals surface area contributed by atoms with Crippen LogP contribution in [0.5, 0.6) is 0 Å². The second-order valence-corrected chi connectivity index (χ2v) is 10.1. The number of rotatable bonds is 6. The molecule has 5 rings (SSSR count). The molecule has 1 aliphatic heterocycles. The van der Waals surface area contributed by atoms with E-state index in [0.29, 0.717) is 16.9 Å². The smallest absolute Gasteiger partial charge is 0.291 e. The van der Waals surface area contributed by atoms with Gasteiger partial charge in [-0.15, -0.1) is 10.2 Å². The molecule has 0 amide bonds. The van der Waals surface area contributed by atoms with Crippen LogP contribution in [0.1, 0.15) is 38.1 Å². The van der Waals surface area contributed by atoms with Gasteiger partial charge in [-0.05, 0) is 44.7 Å². The van der Waals surface area contributed by atoms with Crippen LogP contribution in [0.4, 0.5) is 14.5 Å². The Labute approximate surface area is 181 Å². The quantitative estimate of drug-likeness (QED) is 0.553. The number of nitrogens with zero attached hydrogens (tertiary/aromatic N) is 5. The number of alkyl halides is 2. The minimum Gasteiger partial charge on any atom is -0.367 e. The maximum absolute atomic E-state index is 13.0. The fourth-order valence-electron chi connectivity index (χ4n) is 3.56. The summed E-state index contributed by atoms with van der Waals surface area (Å²) in [6.07, 6.45) is 3.50. The Morgan fingerprint density at radius 3 is 2.90 bits per heavy atom. The summed E-state index contributed by atoms with van der Waals surface area (Å²) in [6.45, 7) is 7.09. The third kappa shape index (κ3) is 3.91. The maximum Gasteiger partial charge on any atom is 0.291 e. The molecule has 2 N–H and O–H groups in total. The minimum atomic E-state index is -2.63. The lowest BCUT2D eigenvalue weighted by Gasteiger charge is -2.34. The molecule has 3 aromatic rings. The topological polar surface area (TPSA) is 70.4 Å². The molecular weight excluding hydrogens is 428 g/mol. The van der Waals surface area contributed by atoms with Gasteiger partial charge in [0, 0.05) is 42.3 Å². The van der Waals surface area contributed by atoms with Gasteiger partial charge >= 0.3 is 0 Å². The summed E-state index contributed by atoms with van der Waals surface area (Å²) >= 11 is 2.49. The average Bonchev–Trinajstić information content (AvgIpc) is 3.12. The molecule has 1 atom stereocenters. The van der Waals surface area contributed by atoms with Gasteiger partial charge in [0.05, 0.1) is 17.4 Å². The predicted molar refractivity (Wildman–Crippen MR) is 115 cm³/mol. The van der Waals surface area contributed by atoms with Gasteiger partial charge in [-0.25, -0.2) is 13.8 Å². The number of hydrogen-bond donors (Lipinski definition) is 2. The molecule has 3 aromatic heterocycles. The first-order valence-corrected chi connectivity index (χ1v) is 11.6. The third-order valence-corrected chi connectivity index (χ3v) is 7.52. The second-order valence-electron chi connectivity index (χ2n) is 8.21. The Morgan fingerprint density at radius 1 is 1.37 bits per heavy atom. The standard InChI is InChI=1S/C19H23F2N7S2/c1-11-9-27(6-5-22-11)13-7-12(30-26-19(2)3-4-19)10-28-14(13)8-23-16(28)18-25-24-17(29-18)15(20)21/h7-8,10-11,15,22,26H,3-6,9H2,1-2H3/t11-/m0/s1. The molecule has 1 aliphatic carbocycles. The number of hydrogen-bond acceptors (Lipinski definition) is 8. The number of piperazine rings is 1.